The van der Waals surface area contributed by atoms with E-state index in [0.717, 1.165) is 54.4 Å². The van der Waals surface area contributed by atoms with Crippen molar-refractivity contribution in [3.63, 3.8) is 0 Å². The van der Waals surface area contributed by atoms with Crippen LogP contribution in [0.2, 0.25) is 0 Å². The van der Waals surface area contributed by atoms with Crippen molar-refractivity contribution in [3.8, 4) is 17.2 Å². The van der Waals surface area contributed by atoms with E-state index in [2.05, 4.69) is 0 Å². The van der Waals surface area contributed by atoms with E-state index < -0.39 is 5.97 Å². The fraction of sp³-hybridized carbons (Fsp3) is 0.379. The minimum absolute atomic E-state index is 0.124. The average molecular weight is 472 g/mol. The Hall–Kier alpha value is -3.38. The number of aromatic carboxylic acids is 1. The van der Waals surface area contributed by atoms with E-state index in [0.29, 0.717) is 40.6 Å². The van der Waals surface area contributed by atoms with Crippen LogP contribution in [0.5, 0.6) is 5.75 Å². The molecule has 0 radical (unpaired) electrons. The number of rotatable bonds is 5. The van der Waals surface area contributed by atoms with E-state index in [-0.39, 0.29) is 11.2 Å². The topological polar surface area (TPSA) is 81.8 Å². The van der Waals surface area contributed by atoms with Crippen LogP contribution in [0.4, 0.5) is 0 Å². The van der Waals surface area contributed by atoms with Crippen LogP contribution in [0.1, 0.15) is 53.6 Å². The van der Waals surface area contributed by atoms with E-state index in [1.54, 1.807) is 6.07 Å². The average Bonchev–Trinajstić information content (AvgIpc) is 3.19. The Bertz CT molecular complexity index is 1440. The summed E-state index contributed by atoms with van der Waals surface area (Å²) >= 11 is 0. The molecule has 2 fully saturated rings. The Kier molecular flexibility index (Phi) is 5.29. The van der Waals surface area contributed by atoms with Gasteiger partial charge in [0.2, 0.25) is 0 Å². The number of pyridine rings is 1. The number of carbonyl (C=O) groups is 1. The number of benzene rings is 2. The Morgan fingerprint density at radius 2 is 1.91 bits per heavy atom. The summed E-state index contributed by atoms with van der Waals surface area (Å²) in [6.45, 7) is 5.37. The minimum Gasteiger partial charge on any atom is -0.493 e. The van der Waals surface area contributed by atoms with Crippen molar-refractivity contribution in [1.82, 2.24) is 4.98 Å². The van der Waals surface area contributed by atoms with E-state index in [1.165, 1.54) is 6.42 Å². The van der Waals surface area contributed by atoms with Crippen LogP contribution in [0, 0.1) is 19.8 Å². The van der Waals surface area contributed by atoms with Crippen molar-refractivity contribution in [2.75, 3.05) is 13.2 Å². The van der Waals surface area contributed by atoms with Gasteiger partial charge in [-0.15, -0.1) is 0 Å². The van der Waals surface area contributed by atoms with Crippen LogP contribution in [-0.2, 0) is 4.74 Å². The number of carboxylic acid groups (broad SMARTS) is 1. The zero-order valence-corrected chi connectivity index (χ0v) is 20.1. The number of fused-ring (bicyclic) bond motifs is 2. The maximum Gasteiger partial charge on any atom is 0.336 e. The maximum absolute atomic E-state index is 12.4. The summed E-state index contributed by atoms with van der Waals surface area (Å²) in [5.74, 6) is 0.601. The quantitative estimate of drug-likeness (QED) is 0.349. The van der Waals surface area contributed by atoms with Crippen molar-refractivity contribution in [1.29, 1.82) is 0 Å². The van der Waals surface area contributed by atoms with E-state index in [1.807, 2.05) is 50.2 Å². The highest BCUT2D eigenvalue weighted by molar-refractivity contribution is 6.07. The molecule has 0 bridgehead atoms. The molecule has 3 heterocycles. The first-order valence-electron chi connectivity index (χ1n) is 12.4. The first-order valence-corrected chi connectivity index (χ1v) is 12.4. The highest BCUT2D eigenvalue weighted by Gasteiger charge is 2.41. The van der Waals surface area contributed by atoms with E-state index in [4.69, 9.17) is 18.9 Å². The smallest absolute Gasteiger partial charge is 0.336 e. The number of aromatic nitrogens is 1. The first kappa shape index (κ1) is 22.1. The number of ether oxygens (including phenoxy) is 2. The number of nitrogens with zero attached hydrogens (tertiary/aromatic N) is 1. The second kappa shape index (κ2) is 8.38. The number of furan rings is 1. The molecule has 6 nitrogen and oxygen atoms in total. The van der Waals surface area contributed by atoms with Gasteiger partial charge in [-0.1, -0.05) is 24.3 Å². The standard InChI is InChI=1S/C29H29NO5/c1-17-7-8-24(33-16-19-9-11-29(12-10-19)13-14-34-29)25-21(28(31)32)15-22(30-26(17)25)27-18(2)20-5-3-4-6-23(20)35-27/h3-8,15,19H,9-14,16H2,1-2H3,(H,31,32). The predicted octanol–water partition coefficient (Wildman–Crippen LogP) is 6.69. The molecule has 1 aliphatic carbocycles. The molecule has 2 aromatic carbocycles. The van der Waals surface area contributed by atoms with Crippen molar-refractivity contribution >= 4 is 27.8 Å². The third kappa shape index (κ3) is 3.76. The summed E-state index contributed by atoms with van der Waals surface area (Å²) < 4.78 is 18.2. The lowest BCUT2D eigenvalue weighted by atomic mass is 9.75. The number of carboxylic acids is 1. The van der Waals surface area contributed by atoms with Crippen molar-refractivity contribution in [2.45, 2.75) is 51.6 Å². The summed E-state index contributed by atoms with van der Waals surface area (Å²) in [5.41, 5.74) is 4.04. The largest absolute Gasteiger partial charge is 0.493 e. The molecule has 6 rings (SSSR count). The van der Waals surface area contributed by atoms with Crippen LogP contribution in [-0.4, -0.2) is 34.9 Å². The lowest BCUT2D eigenvalue weighted by Gasteiger charge is -2.46. The Morgan fingerprint density at radius 1 is 1.14 bits per heavy atom. The number of aryl methyl sites for hydroxylation is 2. The van der Waals surface area contributed by atoms with Crippen molar-refractivity contribution < 1.29 is 23.8 Å². The molecule has 4 aromatic rings. The molecule has 1 spiro atoms. The van der Waals surface area contributed by atoms with Crippen LogP contribution < -0.4 is 4.74 Å². The van der Waals surface area contributed by atoms with Crippen molar-refractivity contribution in [3.05, 3.63) is 59.2 Å². The van der Waals surface area contributed by atoms with Crippen LogP contribution >= 0.6 is 0 Å². The van der Waals surface area contributed by atoms with Gasteiger partial charge in [0.05, 0.1) is 35.3 Å². The lowest BCUT2D eigenvalue weighted by molar-refractivity contribution is -0.171. The normalized spacial score (nSPS) is 21.9. The molecule has 6 heteroatoms. The van der Waals surface area contributed by atoms with Gasteiger partial charge in [-0.25, -0.2) is 9.78 Å². The number of hydrogen-bond donors (Lipinski definition) is 1. The Balaban J connectivity index is 1.37. The zero-order chi connectivity index (χ0) is 24.2. The SMILES string of the molecule is Cc1c(-c2cc(C(=O)O)c3c(OCC4CCC5(CCO5)CC4)ccc(C)c3n2)oc2ccccc12. The lowest BCUT2D eigenvalue weighted by Crippen LogP contribution is -2.46. The van der Waals surface area contributed by atoms with Crippen LogP contribution in [0.3, 0.4) is 0 Å². The summed E-state index contributed by atoms with van der Waals surface area (Å²) in [5, 5.41) is 11.7. The second-order valence-corrected chi connectivity index (χ2v) is 10.1. The maximum atomic E-state index is 12.4. The summed E-state index contributed by atoms with van der Waals surface area (Å²) in [6.07, 6.45) is 5.48. The fourth-order valence-electron chi connectivity index (χ4n) is 5.63. The summed E-state index contributed by atoms with van der Waals surface area (Å²) in [6, 6.07) is 13.2. The fourth-order valence-corrected chi connectivity index (χ4v) is 5.63. The molecule has 1 N–H and O–H groups in total. The summed E-state index contributed by atoms with van der Waals surface area (Å²) in [4.78, 5) is 17.3. The second-order valence-electron chi connectivity index (χ2n) is 10.1. The molecule has 2 aromatic heterocycles. The van der Waals surface area contributed by atoms with Gasteiger partial charge in [-0.05, 0) is 75.6 Å². The Morgan fingerprint density at radius 3 is 2.60 bits per heavy atom. The van der Waals surface area contributed by atoms with E-state index in [9.17, 15) is 9.90 Å². The van der Waals surface area contributed by atoms with Gasteiger partial charge in [0, 0.05) is 10.9 Å². The van der Waals surface area contributed by atoms with Gasteiger partial charge >= 0.3 is 5.97 Å². The van der Waals surface area contributed by atoms with Gasteiger partial charge in [0.15, 0.2) is 5.76 Å². The number of para-hydroxylation sites is 1. The van der Waals surface area contributed by atoms with Gasteiger partial charge in [0.25, 0.3) is 0 Å². The van der Waals surface area contributed by atoms with Crippen molar-refractivity contribution in [2.24, 2.45) is 5.92 Å². The van der Waals surface area contributed by atoms with Gasteiger partial charge < -0.3 is 19.0 Å². The zero-order valence-electron chi connectivity index (χ0n) is 20.1. The number of hydrogen-bond acceptors (Lipinski definition) is 5. The first-order chi connectivity index (χ1) is 16.9. The summed E-state index contributed by atoms with van der Waals surface area (Å²) in [7, 11) is 0. The molecule has 0 unspecified atom stereocenters. The van der Waals surface area contributed by atoms with Gasteiger partial charge in [0.1, 0.15) is 17.0 Å². The molecular formula is C29H29NO5. The molecule has 180 valence electrons. The highest BCUT2D eigenvalue weighted by atomic mass is 16.5. The van der Waals surface area contributed by atoms with E-state index >= 15 is 0 Å². The Labute approximate surface area is 203 Å². The molecule has 2 aliphatic rings. The third-order valence-corrected chi connectivity index (χ3v) is 7.89. The molecule has 1 saturated carbocycles. The van der Waals surface area contributed by atoms with Gasteiger partial charge in [-0.2, -0.15) is 0 Å². The molecule has 1 aliphatic heterocycles. The van der Waals surface area contributed by atoms with Crippen LogP contribution in [0.15, 0.2) is 46.9 Å². The van der Waals surface area contributed by atoms with Crippen LogP contribution in [0.25, 0.3) is 33.3 Å². The molecule has 0 amide bonds. The minimum atomic E-state index is -1.01. The van der Waals surface area contributed by atoms with Gasteiger partial charge in [-0.3, -0.25) is 0 Å². The molecule has 0 atom stereocenters. The third-order valence-electron chi connectivity index (χ3n) is 7.89. The predicted molar refractivity (Wildman–Crippen MR) is 134 cm³/mol. The monoisotopic (exact) mass is 471 g/mol. The highest BCUT2D eigenvalue weighted by Crippen LogP contribution is 2.43. The molecular weight excluding hydrogens is 442 g/mol. The molecule has 35 heavy (non-hydrogen) atoms. The molecule has 1 saturated heterocycles.